The normalized spacial score (nSPS) is 13.4. The fourth-order valence-corrected chi connectivity index (χ4v) is 2.55. The maximum Gasteiger partial charge on any atom is 0.227 e. The van der Waals surface area contributed by atoms with Gasteiger partial charge in [-0.2, -0.15) is 0 Å². The molecule has 0 bridgehead atoms. The van der Waals surface area contributed by atoms with E-state index < -0.39 is 9.84 Å². The number of sulfone groups is 1. The van der Waals surface area contributed by atoms with E-state index in [1.165, 1.54) is 5.56 Å². The molecule has 0 radical (unpaired) electrons. The molecule has 174 valence electrons. The minimum absolute atomic E-state index is 0.253. The summed E-state index contributed by atoms with van der Waals surface area (Å²) in [4.78, 5) is 16.3. The third-order valence-electron chi connectivity index (χ3n) is 3.96. The molecule has 2 aromatic rings. The fourth-order valence-electron chi connectivity index (χ4n) is 2.55. The number of hydrogen-bond acceptors (Lipinski definition) is 5. The van der Waals surface area contributed by atoms with Crippen LogP contribution in [0.2, 0.25) is 0 Å². The molecule has 6 nitrogen and oxygen atoms in total. The van der Waals surface area contributed by atoms with Crippen LogP contribution in [-0.4, -0.2) is 84.1 Å². The van der Waals surface area contributed by atoms with Gasteiger partial charge in [0.25, 0.3) is 0 Å². The lowest BCUT2D eigenvalue weighted by Crippen LogP contribution is -2.47. The molecule has 1 heterocycles. The Bertz CT molecular complexity index is 784. The van der Waals surface area contributed by atoms with Crippen molar-refractivity contribution in [1.29, 1.82) is 0 Å². The van der Waals surface area contributed by atoms with Crippen LogP contribution in [0.15, 0.2) is 60.7 Å². The summed E-state index contributed by atoms with van der Waals surface area (Å²) in [5.74, 6) is 0.253. The molecule has 0 aromatic heterocycles. The molecule has 2 aromatic carbocycles. The van der Waals surface area contributed by atoms with Gasteiger partial charge in [-0.1, -0.05) is 66.2 Å². The highest BCUT2D eigenvalue weighted by Crippen LogP contribution is 2.08. The van der Waals surface area contributed by atoms with E-state index in [1.807, 2.05) is 53.4 Å². The van der Waals surface area contributed by atoms with Crippen molar-refractivity contribution in [3.8, 4) is 0 Å². The summed E-state index contributed by atoms with van der Waals surface area (Å²) in [6.45, 7) is 5.76. The van der Waals surface area contributed by atoms with Gasteiger partial charge in [0.05, 0.1) is 6.42 Å². The summed E-state index contributed by atoms with van der Waals surface area (Å²) < 4.78 is 23.5. The van der Waals surface area contributed by atoms with E-state index in [0.29, 0.717) is 6.42 Å². The third-order valence-corrected chi connectivity index (χ3v) is 3.96. The minimum atomic E-state index is -2.67. The number of benzene rings is 2. The quantitative estimate of drug-likeness (QED) is 0.704. The van der Waals surface area contributed by atoms with Crippen LogP contribution < -0.4 is 0 Å². The number of nitrogens with zero attached hydrogens (tertiary/aromatic N) is 2. The van der Waals surface area contributed by atoms with Crippen molar-refractivity contribution < 1.29 is 17.9 Å². The number of piperazine rings is 1. The maximum atomic E-state index is 12.1. The summed E-state index contributed by atoms with van der Waals surface area (Å²) in [5, 5.41) is 0. The molecule has 1 aliphatic rings. The first-order valence-corrected chi connectivity index (χ1v) is 12.4. The van der Waals surface area contributed by atoms with E-state index in [9.17, 15) is 13.2 Å². The van der Waals surface area contributed by atoms with Crippen LogP contribution in [-0.2, 0) is 25.8 Å². The zero-order chi connectivity index (χ0) is 23.7. The Hall–Kier alpha value is -2.22. The number of rotatable bonds is 2. The lowest BCUT2D eigenvalue weighted by atomic mass is 10.1. The number of carbonyl (C=O) groups excluding carboxylic acids is 1. The molecule has 0 N–H and O–H groups in total. The van der Waals surface area contributed by atoms with Gasteiger partial charge in [0, 0.05) is 52.9 Å². The molecule has 0 saturated carbocycles. The first kappa shape index (κ1) is 28.8. The average molecular weight is 451 g/mol. The van der Waals surface area contributed by atoms with Crippen molar-refractivity contribution in [1.82, 2.24) is 9.80 Å². The maximum absolute atomic E-state index is 12.1. The monoisotopic (exact) mass is 450 g/mol. The van der Waals surface area contributed by atoms with E-state index >= 15 is 0 Å². The molecule has 0 atom stereocenters. The Kier molecular flexibility index (Phi) is 15.3. The van der Waals surface area contributed by atoms with Crippen LogP contribution in [0.1, 0.15) is 11.1 Å². The molecule has 1 aliphatic heterocycles. The zero-order valence-electron chi connectivity index (χ0n) is 19.7. The van der Waals surface area contributed by atoms with Crippen molar-refractivity contribution in [2.45, 2.75) is 13.3 Å². The van der Waals surface area contributed by atoms with Crippen LogP contribution in [0.3, 0.4) is 0 Å². The number of hydrogen-bond donors (Lipinski definition) is 0. The zero-order valence-corrected chi connectivity index (χ0v) is 20.6. The molecule has 1 saturated heterocycles. The molecule has 3 rings (SSSR count). The number of likely N-dealkylation sites (N-methyl/N-ethyl adjacent to an activating group) is 1. The SMILES string of the molecule is COC.CS(C)(=O)=O.Cc1cccc(CC(=O)N2CCN(C)CC2)c1.c1ccccc1. The summed E-state index contributed by atoms with van der Waals surface area (Å²) >= 11 is 0. The van der Waals surface area contributed by atoms with E-state index in [2.05, 4.69) is 35.7 Å². The second-order valence-electron chi connectivity index (χ2n) is 7.56. The second kappa shape index (κ2) is 16.5. The molecule has 31 heavy (non-hydrogen) atoms. The number of aryl methyl sites for hydroxylation is 1. The van der Waals surface area contributed by atoms with Gasteiger partial charge >= 0.3 is 0 Å². The van der Waals surface area contributed by atoms with E-state index in [0.717, 1.165) is 44.3 Å². The van der Waals surface area contributed by atoms with Gasteiger partial charge in [-0.15, -0.1) is 0 Å². The summed E-state index contributed by atoms with van der Waals surface area (Å²) in [6.07, 6.45) is 2.85. The minimum Gasteiger partial charge on any atom is -0.388 e. The van der Waals surface area contributed by atoms with Crippen molar-refractivity contribution in [3.05, 3.63) is 71.8 Å². The average Bonchev–Trinajstić information content (AvgIpc) is 2.70. The Morgan fingerprint density at radius 1 is 0.903 bits per heavy atom. The lowest BCUT2D eigenvalue weighted by Gasteiger charge is -2.32. The topological polar surface area (TPSA) is 66.9 Å². The number of ether oxygens (including phenoxy) is 1. The van der Waals surface area contributed by atoms with E-state index in [4.69, 9.17) is 0 Å². The first-order valence-electron chi connectivity index (χ1n) is 10.1. The van der Waals surface area contributed by atoms with Crippen LogP contribution >= 0.6 is 0 Å². The van der Waals surface area contributed by atoms with Gasteiger partial charge in [0.1, 0.15) is 9.84 Å². The van der Waals surface area contributed by atoms with Crippen LogP contribution in [0.5, 0.6) is 0 Å². The highest BCUT2D eigenvalue weighted by molar-refractivity contribution is 7.89. The van der Waals surface area contributed by atoms with Gasteiger partial charge in [0.2, 0.25) is 5.91 Å². The molecular formula is C24H38N2O4S. The van der Waals surface area contributed by atoms with Crippen LogP contribution in [0.4, 0.5) is 0 Å². The molecule has 1 fully saturated rings. The Labute approximate surface area is 188 Å². The Morgan fingerprint density at radius 2 is 1.32 bits per heavy atom. The predicted molar refractivity (Wildman–Crippen MR) is 129 cm³/mol. The Morgan fingerprint density at radius 3 is 1.71 bits per heavy atom. The van der Waals surface area contributed by atoms with E-state index in [-0.39, 0.29) is 5.91 Å². The van der Waals surface area contributed by atoms with E-state index in [1.54, 1.807) is 14.2 Å². The number of methoxy groups -OCH3 is 1. The molecular weight excluding hydrogens is 412 g/mol. The first-order chi connectivity index (χ1) is 14.6. The molecule has 0 unspecified atom stereocenters. The third kappa shape index (κ3) is 18.3. The predicted octanol–water partition coefficient (Wildman–Crippen LogP) is 2.92. The summed E-state index contributed by atoms with van der Waals surface area (Å²) in [6, 6.07) is 20.2. The molecule has 7 heteroatoms. The smallest absolute Gasteiger partial charge is 0.227 e. The van der Waals surface area contributed by atoms with Gasteiger partial charge < -0.3 is 14.5 Å². The summed E-state index contributed by atoms with van der Waals surface area (Å²) in [7, 11) is 2.68. The van der Waals surface area contributed by atoms with Gasteiger partial charge in [-0.3, -0.25) is 4.79 Å². The van der Waals surface area contributed by atoms with Crippen molar-refractivity contribution >= 4 is 15.7 Å². The fraction of sp³-hybridized carbons (Fsp3) is 0.458. The molecule has 0 spiro atoms. The largest absolute Gasteiger partial charge is 0.388 e. The van der Waals surface area contributed by atoms with Crippen molar-refractivity contribution in [2.75, 3.05) is 60.0 Å². The van der Waals surface area contributed by atoms with Crippen molar-refractivity contribution in [2.24, 2.45) is 0 Å². The van der Waals surface area contributed by atoms with Gasteiger partial charge in [-0.05, 0) is 19.5 Å². The second-order valence-corrected chi connectivity index (χ2v) is 9.84. The van der Waals surface area contributed by atoms with Gasteiger partial charge in [-0.25, -0.2) is 8.42 Å². The van der Waals surface area contributed by atoms with Gasteiger partial charge in [0.15, 0.2) is 0 Å². The highest BCUT2D eigenvalue weighted by Gasteiger charge is 2.18. The molecule has 1 amide bonds. The standard InChI is InChI=1S/C14H20N2O.C6H6.C2H6O2S.C2H6O/c1-12-4-3-5-13(10-12)11-14(17)16-8-6-15(2)7-9-16;1-2-4-6-5-3-1;1-5(2,3)4;1-3-2/h3-5,10H,6-9,11H2,1-2H3;1-6H;1-2H3;1-2H3. The Balaban J connectivity index is 0.000000525. The van der Waals surface area contributed by atoms with Crippen LogP contribution in [0.25, 0.3) is 0 Å². The molecule has 0 aliphatic carbocycles. The number of amides is 1. The number of carbonyl (C=O) groups is 1. The lowest BCUT2D eigenvalue weighted by molar-refractivity contribution is -0.132. The van der Waals surface area contributed by atoms with Crippen molar-refractivity contribution in [3.63, 3.8) is 0 Å². The summed E-state index contributed by atoms with van der Waals surface area (Å²) in [5.41, 5.74) is 2.34. The van der Waals surface area contributed by atoms with Crippen LogP contribution in [0, 0.1) is 6.92 Å². The highest BCUT2D eigenvalue weighted by atomic mass is 32.2.